The van der Waals surface area contributed by atoms with Crippen molar-refractivity contribution in [1.82, 2.24) is 9.80 Å². The second-order valence-electron chi connectivity index (χ2n) is 10.2. The van der Waals surface area contributed by atoms with Crippen molar-refractivity contribution in [3.8, 4) is 0 Å². The largest absolute Gasteiger partial charge is 0.326 e. The Kier molecular flexibility index (Phi) is 7.92. The van der Waals surface area contributed by atoms with E-state index in [2.05, 4.69) is 94.0 Å². The van der Waals surface area contributed by atoms with Crippen LogP contribution in [0.5, 0.6) is 0 Å². The number of carbonyl (C=O) groups is 1. The van der Waals surface area contributed by atoms with Gasteiger partial charge in [0.05, 0.1) is 0 Å². The molecule has 2 aliphatic rings. The lowest BCUT2D eigenvalue weighted by Gasteiger charge is -2.31. The van der Waals surface area contributed by atoms with E-state index in [4.69, 9.17) is 0 Å². The van der Waals surface area contributed by atoms with Crippen LogP contribution >= 0.6 is 0 Å². The minimum absolute atomic E-state index is 0.154. The van der Waals surface area contributed by atoms with Crippen molar-refractivity contribution in [2.45, 2.75) is 51.7 Å². The van der Waals surface area contributed by atoms with Gasteiger partial charge in [0.25, 0.3) is 0 Å². The first kappa shape index (κ1) is 23.8. The Morgan fingerprint density at radius 2 is 1.43 bits per heavy atom. The molecule has 0 radical (unpaired) electrons. The molecule has 3 aromatic carbocycles. The summed E-state index contributed by atoms with van der Waals surface area (Å²) in [6.45, 7) is 6.17. The molecule has 1 saturated heterocycles. The number of amides is 1. The lowest BCUT2D eigenvalue weighted by molar-refractivity contribution is -0.117. The molecule has 35 heavy (non-hydrogen) atoms. The van der Waals surface area contributed by atoms with Crippen LogP contribution in [0.1, 0.15) is 47.9 Å². The van der Waals surface area contributed by atoms with Crippen LogP contribution in [0, 0.1) is 5.92 Å². The number of hydrogen-bond donors (Lipinski definition) is 1. The summed E-state index contributed by atoms with van der Waals surface area (Å²) in [5.74, 6) is 0.630. The molecule has 1 amide bonds. The SMILES string of the molecule is O=C(CC1CCN(Cc2ccccc2)CC1)Nc1ccc2c(c1)CN(Cc1ccccc1)CCC2. The Bertz CT molecular complexity index is 1090. The van der Waals surface area contributed by atoms with E-state index in [0.717, 1.165) is 64.2 Å². The first-order valence-corrected chi connectivity index (χ1v) is 13.2. The minimum Gasteiger partial charge on any atom is -0.326 e. The third kappa shape index (κ3) is 6.81. The highest BCUT2D eigenvalue weighted by atomic mass is 16.1. The molecule has 1 fully saturated rings. The Balaban J connectivity index is 1.12. The lowest BCUT2D eigenvalue weighted by Crippen LogP contribution is -2.34. The molecule has 1 N–H and O–H groups in total. The van der Waals surface area contributed by atoms with Gasteiger partial charge in [-0.1, -0.05) is 66.7 Å². The number of anilines is 1. The number of nitrogens with zero attached hydrogens (tertiary/aromatic N) is 2. The monoisotopic (exact) mass is 467 g/mol. The van der Waals surface area contributed by atoms with Gasteiger partial charge in [-0.15, -0.1) is 0 Å². The highest BCUT2D eigenvalue weighted by molar-refractivity contribution is 5.91. The predicted octanol–water partition coefficient (Wildman–Crippen LogP) is 5.88. The summed E-state index contributed by atoms with van der Waals surface area (Å²) in [6, 6.07) is 27.9. The van der Waals surface area contributed by atoms with Crippen molar-refractivity contribution in [2.75, 3.05) is 25.0 Å². The van der Waals surface area contributed by atoms with Gasteiger partial charge in [0.1, 0.15) is 0 Å². The summed E-state index contributed by atoms with van der Waals surface area (Å²) in [5, 5.41) is 3.20. The zero-order valence-electron chi connectivity index (χ0n) is 20.7. The molecule has 0 bridgehead atoms. The second kappa shape index (κ2) is 11.7. The van der Waals surface area contributed by atoms with Crippen LogP contribution in [-0.2, 0) is 30.8 Å². The highest BCUT2D eigenvalue weighted by Crippen LogP contribution is 2.25. The summed E-state index contributed by atoms with van der Waals surface area (Å²) >= 11 is 0. The molecule has 0 unspecified atom stereocenters. The molecule has 4 heteroatoms. The zero-order valence-corrected chi connectivity index (χ0v) is 20.7. The van der Waals surface area contributed by atoms with E-state index < -0.39 is 0 Å². The molecule has 5 rings (SSSR count). The molecule has 4 nitrogen and oxygen atoms in total. The van der Waals surface area contributed by atoms with Gasteiger partial charge in [-0.3, -0.25) is 14.6 Å². The Hall–Kier alpha value is -2.95. The predicted molar refractivity (Wildman–Crippen MR) is 143 cm³/mol. The molecule has 2 aliphatic heterocycles. The summed E-state index contributed by atoms with van der Waals surface area (Å²) in [7, 11) is 0. The van der Waals surface area contributed by atoms with Crippen molar-refractivity contribution in [1.29, 1.82) is 0 Å². The van der Waals surface area contributed by atoms with E-state index in [1.165, 1.54) is 28.7 Å². The maximum atomic E-state index is 12.9. The molecule has 0 aromatic heterocycles. The number of rotatable bonds is 7. The van der Waals surface area contributed by atoms with Crippen LogP contribution in [0.2, 0.25) is 0 Å². The first-order chi connectivity index (χ1) is 17.2. The quantitative estimate of drug-likeness (QED) is 0.472. The van der Waals surface area contributed by atoms with Crippen molar-refractivity contribution < 1.29 is 4.79 Å². The van der Waals surface area contributed by atoms with Gasteiger partial charge in [-0.25, -0.2) is 0 Å². The normalized spacial score (nSPS) is 17.5. The fraction of sp³-hybridized carbons (Fsp3) is 0.387. The van der Waals surface area contributed by atoms with Crippen molar-refractivity contribution >= 4 is 11.6 Å². The molecule has 182 valence electrons. The number of aryl methyl sites for hydroxylation is 1. The van der Waals surface area contributed by atoms with Crippen LogP contribution < -0.4 is 5.32 Å². The number of hydrogen-bond acceptors (Lipinski definition) is 3. The van der Waals surface area contributed by atoms with Gasteiger partial charge >= 0.3 is 0 Å². The van der Waals surface area contributed by atoms with Crippen LogP contribution in [0.15, 0.2) is 78.9 Å². The number of piperidine rings is 1. The topological polar surface area (TPSA) is 35.6 Å². The minimum atomic E-state index is 0.154. The second-order valence-corrected chi connectivity index (χ2v) is 10.2. The van der Waals surface area contributed by atoms with Gasteiger partial charge in [0.2, 0.25) is 5.91 Å². The summed E-state index contributed by atoms with van der Waals surface area (Å²) in [4.78, 5) is 17.9. The van der Waals surface area contributed by atoms with Crippen LogP contribution in [0.3, 0.4) is 0 Å². The number of fused-ring (bicyclic) bond motifs is 1. The molecular formula is C31H37N3O. The van der Waals surface area contributed by atoms with E-state index in [-0.39, 0.29) is 5.91 Å². The average Bonchev–Trinajstić information content (AvgIpc) is 3.08. The lowest BCUT2D eigenvalue weighted by atomic mass is 9.93. The van der Waals surface area contributed by atoms with Crippen LogP contribution in [-0.4, -0.2) is 35.3 Å². The molecule has 3 aromatic rings. The van der Waals surface area contributed by atoms with Crippen LogP contribution in [0.25, 0.3) is 0 Å². The smallest absolute Gasteiger partial charge is 0.224 e. The van der Waals surface area contributed by atoms with E-state index in [0.29, 0.717) is 12.3 Å². The van der Waals surface area contributed by atoms with Crippen molar-refractivity contribution in [2.24, 2.45) is 5.92 Å². The fourth-order valence-electron chi connectivity index (χ4n) is 5.55. The maximum Gasteiger partial charge on any atom is 0.224 e. The zero-order chi connectivity index (χ0) is 23.9. The Morgan fingerprint density at radius 1 is 0.771 bits per heavy atom. The Morgan fingerprint density at radius 3 is 2.11 bits per heavy atom. The summed E-state index contributed by atoms with van der Waals surface area (Å²) in [5.41, 5.74) is 6.44. The van der Waals surface area contributed by atoms with Gasteiger partial charge in [-0.2, -0.15) is 0 Å². The van der Waals surface area contributed by atoms with Gasteiger partial charge in [0.15, 0.2) is 0 Å². The van der Waals surface area contributed by atoms with Gasteiger partial charge < -0.3 is 5.32 Å². The third-order valence-corrected chi connectivity index (χ3v) is 7.48. The van der Waals surface area contributed by atoms with Gasteiger partial charge in [0, 0.05) is 31.7 Å². The van der Waals surface area contributed by atoms with Crippen molar-refractivity contribution in [3.05, 3.63) is 101 Å². The van der Waals surface area contributed by atoms with Crippen LogP contribution in [0.4, 0.5) is 5.69 Å². The number of benzene rings is 3. The van der Waals surface area contributed by atoms with E-state index in [9.17, 15) is 4.79 Å². The molecule has 0 saturated carbocycles. The number of carbonyl (C=O) groups excluding carboxylic acids is 1. The summed E-state index contributed by atoms with van der Waals surface area (Å²) in [6.07, 6.45) is 5.10. The highest BCUT2D eigenvalue weighted by Gasteiger charge is 2.22. The first-order valence-electron chi connectivity index (χ1n) is 13.2. The Labute approximate surface area is 210 Å². The third-order valence-electron chi connectivity index (χ3n) is 7.48. The van der Waals surface area contributed by atoms with E-state index in [1.807, 2.05) is 0 Å². The molecule has 2 heterocycles. The summed E-state index contributed by atoms with van der Waals surface area (Å²) < 4.78 is 0. The average molecular weight is 468 g/mol. The van der Waals surface area contributed by atoms with E-state index in [1.54, 1.807) is 0 Å². The van der Waals surface area contributed by atoms with Gasteiger partial charge in [-0.05, 0) is 85.6 Å². The molecule has 0 atom stereocenters. The van der Waals surface area contributed by atoms with Crippen molar-refractivity contribution in [3.63, 3.8) is 0 Å². The number of nitrogens with one attached hydrogen (secondary N) is 1. The standard InChI is InChI=1S/C31H37N3O/c35-31(20-25-15-18-33(19-16-25)22-26-8-3-1-4-9-26)32-30-14-13-28-12-7-17-34(24-29(28)21-30)23-27-10-5-2-6-11-27/h1-6,8-11,13-14,21,25H,7,12,15-20,22-24H2,(H,32,35). The molecule has 0 spiro atoms. The van der Waals surface area contributed by atoms with E-state index >= 15 is 0 Å². The maximum absolute atomic E-state index is 12.9. The molecule has 0 aliphatic carbocycles. The molecular weight excluding hydrogens is 430 g/mol. The fourth-order valence-corrected chi connectivity index (χ4v) is 5.55. The number of likely N-dealkylation sites (tertiary alicyclic amines) is 1.